The molecule has 0 aliphatic rings. The van der Waals surface area contributed by atoms with Crippen LogP contribution in [0.3, 0.4) is 0 Å². The summed E-state index contributed by atoms with van der Waals surface area (Å²) < 4.78 is 34.2. The maximum absolute atomic E-state index is 10.5. The fraction of sp³-hybridized carbons (Fsp3) is 1.00. The third kappa shape index (κ3) is 10.2. The Morgan fingerprint density at radius 1 is 1.07 bits per heavy atom. The first-order valence-electron chi connectivity index (χ1n) is 5.65. The molecule has 0 amide bonds. The quantitative estimate of drug-likeness (QED) is 0.495. The van der Waals surface area contributed by atoms with Gasteiger partial charge in [0.05, 0.1) is 6.10 Å². The molecule has 0 fully saturated rings. The van der Waals surface area contributed by atoms with Crippen LogP contribution >= 0.6 is 0 Å². The normalized spacial score (nSPS) is 14.1. The van der Waals surface area contributed by atoms with Crippen molar-refractivity contribution in [3.63, 3.8) is 0 Å². The summed E-state index contributed by atoms with van der Waals surface area (Å²) in [7, 11) is -4.29. The molecule has 0 aromatic heterocycles. The Balaban J connectivity index is 3.83. The van der Waals surface area contributed by atoms with E-state index >= 15 is 0 Å². The highest BCUT2D eigenvalue weighted by Crippen LogP contribution is 2.14. The van der Waals surface area contributed by atoms with Gasteiger partial charge in [0.25, 0.3) is 0 Å². The molecule has 1 N–H and O–H groups in total. The summed E-state index contributed by atoms with van der Waals surface area (Å²) in [6.07, 6.45) is 6.22. The average molecular weight is 238 g/mol. The van der Waals surface area contributed by atoms with Gasteiger partial charge in [0.1, 0.15) is 0 Å². The summed E-state index contributed by atoms with van der Waals surface area (Å²) in [4.78, 5) is 0. The van der Waals surface area contributed by atoms with Gasteiger partial charge in [-0.25, -0.2) is 4.18 Å². The molecule has 0 heterocycles. The number of hydrogen-bond donors (Lipinski definition) is 1. The molecular weight excluding hydrogens is 216 g/mol. The number of rotatable bonds is 9. The highest BCUT2D eigenvalue weighted by atomic mass is 32.3. The molecule has 92 valence electrons. The van der Waals surface area contributed by atoms with E-state index in [-0.39, 0.29) is 6.10 Å². The first-order chi connectivity index (χ1) is 6.99. The summed E-state index contributed by atoms with van der Waals surface area (Å²) in [6, 6.07) is 0. The van der Waals surface area contributed by atoms with Gasteiger partial charge >= 0.3 is 10.4 Å². The molecule has 1 unspecified atom stereocenters. The van der Waals surface area contributed by atoms with Gasteiger partial charge in [-0.1, -0.05) is 46.0 Å². The lowest BCUT2D eigenvalue weighted by atomic mass is 10.1. The SMILES string of the molecule is CCCCCCC(CCC)OS(=O)(=O)O. The fourth-order valence-electron chi connectivity index (χ4n) is 1.53. The second-order valence-corrected chi connectivity index (χ2v) is 4.83. The Kier molecular flexibility index (Phi) is 8.00. The van der Waals surface area contributed by atoms with Gasteiger partial charge in [-0.2, -0.15) is 8.42 Å². The maximum Gasteiger partial charge on any atom is 0.397 e. The topological polar surface area (TPSA) is 63.6 Å². The molecule has 1 atom stereocenters. The largest absolute Gasteiger partial charge is 0.397 e. The van der Waals surface area contributed by atoms with E-state index in [1.165, 1.54) is 0 Å². The van der Waals surface area contributed by atoms with Gasteiger partial charge in [-0.05, 0) is 12.8 Å². The monoisotopic (exact) mass is 238 g/mol. The molecule has 0 aliphatic heterocycles. The van der Waals surface area contributed by atoms with Crippen molar-refractivity contribution in [1.29, 1.82) is 0 Å². The highest BCUT2D eigenvalue weighted by Gasteiger charge is 2.15. The number of hydrogen-bond acceptors (Lipinski definition) is 3. The summed E-state index contributed by atoms with van der Waals surface area (Å²) >= 11 is 0. The average Bonchev–Trinajstić information content (AvgIpc) is 2.10. The van der Waals surface area contributed by atoms with Crippen molar-refractivity contribution >= 4 is 10.4 Å². The van der Waals surface area contributed by atoms with E-state index in [0.717, 1.165) is 32.1 Å². The standard InChI is InChI=1S/C10H22O4S/c1-3-5-6-7-9-10(8-4-2)14-15(11,12)13/h10H,3-9H2,1-2H3,(H,11,12,13). The van der Waals surface area contributed by atoms with E-state index in [2.05, 4.69) is 11.1 Å². The van der Waals surface area contributed by atoms with Crippen molar-refractivity contribution < 1.29 is 17.2 Å². The van der Waals surface area contributed by atoms with Crippen LogP contribution in [0.4, 0.5) is 0 Å². The van der Waals surface area contributed by atoms with E-state index in [0.29, 0.717) is 12.8 Å². The Morgan fingerprint density at radius 3 is 2.20 bits per heavy atom. The molecule has 0 aliphatic carbocycles. The van der Waals surface area contributed by atoms with Crippen LogP contribution in [0.15, 0.2) is 0 Å². The van der Waals surface area contributed by atoms with Crippen molar-refractivity contribution in [2.24, 2.45) is 0 Å². The van der Waals surface area contributed by atoms with Crippen molar-refractivity contribution in [3.05, 3.63) is 0 Å². The maximum atomic E-state index is 10.5. The van der Waals surface area contributed by atoms with Gasteiger partial charge < -0.3 is 0 Å². The third-order valence-corrected chi connectivity index (χ3v) is 2.76. The van der Waals surface area contributed by atoms with Gasteiger partial charge in [0, 0.05) is 0 Å². The van der Waals surface area contributed by atoms with E-state index in [9.17, 15) is 8.42 Å². The molecule has 0 spiro atoms. The molecule has 4 nitrogen and oxygen atoms in total. The zero-order chi connectivity index (χ0) is 11.7. The van der Waals surface area contributed by atoms with Gasteiger partial charge in [-0.15, -0.1) is 0 Å². The van der Waals surface area contributed by atoms with Crippen molar-refractivity contribution in [3.8, 4) is 0 Å². The molecule has 0 aromatic carbocycles. The zero-order valence-electron chi connectivity index (χ0n) is 9.61. The molecule has 0 rings (SSSR count). The molecule has 0 saturated heterocycles. The Morgan fingerprint density at radius 2 is 1.73 bits per heavy atom. The Bertz CT molecular complexity index is 236. The van der Waals surface area contributed by atoms with Crippen LogP contribution in [-0.4, -0.2) is 19.1 Å². The number of unbranched alkanes of at least 4 members (excludes halogenated alkanes) is 3. The lowest BCUT2D eigenvalue weighted by Crippen LogP contribution is -2.17. The Hall–Kier alpha value is -0.130. The van der Waals surface area contributed by atoms with Crippen LogP contribution < -0.4 is 0 Å². The van der Waals surface area contributed by atoms with Crippen LogP contribution in [0.1, 0.15) is 58.8 Å². The van der Waals surface area contributed by atoms with Crippen molar-refractivity contribution in [2.75, 3.05) is 0 Å². The summed E-state index contributed by atoms with van der Waals surface area (Å²) in [5.41, 5.74) is 0. The lowest BCUT2D eigenvalue weighted by molar-refractivity contribution is 0.160. The minimum atomic E-state index is -4.29. The second kappa shape index (κ2) is 8.07. The lowest BCUT2D eigenvalue weighted by Gasteiger charge is -2.14. The predicted molar refractivity (Wildman–Crippen MR) is 60.1 cm³/mol. The molecule has 5 heteroatoms. The van der Waals surface area contributed by atoms with Crippen LogP contribution in [-0.2, 0) is 14.6 Å². The van der Waals surface area contributed by atoms with Crippen LogP contribution in [0.2, 0.25) is 0 Å². The second-order valence-electron chi connectivity index (χ2n) is 3.78. The van der Waals surface area contributed by atoms with Crippen LogP contribution in [0, 0.1) is 0 Å². The third-order valence-electron chi connectivity index (χ3n) is 2.25. The molecular formula is C10H22O4S. The van der Waals surface area contributed by atoms with Gasteiger partial charge in [0.2, 0.25) is 0 Å². The Labute approximate surface area is 93.0 Å². The van der Waals surface area contributed by atoms with Crippen LogP contribution in [0.5, 0.6) is 0 Å². The van der Waals surface area contributed by atoms with Gasteiger partial charge in [0.15, 0.2) is 0 Å². The van der Waals surface area contributed by atoms with E-state index < -0.39 is 10.4 Å². The summed E-state index contributed by atoms with van der Waals surface area (Å²) in [5.74, 6) is 0. The van der Waals surface area contributed by atoms with Crippen LogP contribution in [0.25, 0.3) is 0 Å². The van der Waals surface area contributed by atoms with Gasteiger partial charge in [-0.3, -0.25) is 4.55 Å². The first-order valence-corrected chi connectivity index (χ1v) is 7.01. The van der Waals surface area contributed by atoms with Crippen molar-refractivity contribution in [2.45, 2.75) is 64.9 Å². The smallest absolute Gasteiger partial charge is 0.264 e. The van der Waals surface area contributed by atoms with E-state index in [1.54, 1.807) is 0 Å². The fourth-order valence-corrected chi connectivity index (χ4v) is 2.07. The zero-order valence-corrected chi connectivity index (χ0v) is 10.4. The molecule has 0 saturated carbocycles. The van der Waals surface area contributed by atoms with E-state index in [4.69, 9.17) is 4.55 Å². The predicted octanol–water partition coefficient (Wildman–Crippen LogP) is 2.94. The minimum Gasteiger partial charge on any atom is -0.264 e. The van der Waals surface area contributed by atoms with Crippen molar-refractivity contribution in [1.82, 2.24) is 0 Å². The molecule has 0 aromatic rings. The molecule has 15 heavy (non-hydrogen) atoms. The van der Waals surface area contributed by atoms with E-state index in [1.807, 2.05) is 6.92 Å². The first kappa shape index (κ1) is 14.9. The summed E-state index contributed by atoms with van der Waals surface area (Å²) in [5, 5.41) is 0. The molecule has 0 bridgehead atoms. The minimum absolute atomic E-state index is 0.359. The summed E-state index contributed by atoms with van der Waals surface area (Å²) in [6.45, 7) is 4.09. The molecule has 0 radical (unpaired) electrons. The highest BCUT2D eigenvalue weighted by molar-refractivity contribution is 7.80.